The van der Waals surface area contributed by atoms with Crippen LogP contribution in [-0.4, -0.2) is 31.2 Å². The third-order valence-electron chi connectivity index (χ3n) is 1.30. The quantitative estimate of drug-likeness (QED) is 0.456. The van der Waals surface area contributed by atoms with Crippen molar-refractivity contribution in [2.45, 2.75) is 13.0 Å². The molecule has 2 nitrogen and oxygen atoms in total. The lowest BCUT2D eigenvalue weighted by molar-refractivity contribution is 0.408. The molecule has 0 aromatic heterocycles. The average Bonchev–Trinajstić information content (AvgIpc) is 1.87. The van der Waals surface area contributed by atoms with Gasteiger partial charge in [0, 0.05) is 19.3 Å². The number of nitrogens with one attached hydrogen (secondary N) is 1. The fraction of sp³-hybridized carbons (Fsp3) is 1.00. The molecular formula is C5H12N2. The van der Waals surface area contributed by atoms with Crippen LogP contribution in [0.3, 0.4) is 0 Å². The first kappa shape index (κ1) is 5.06. The molecule has 0 aliphatic carbocycles. The van der Waals surface area contributed by atoms with Gasteiger partial charge >= 0.3 is 0 Å². The zero-order chi connectivity index (χ0) is 5.28. The Morgan fingerprint density at radius 3 is 2.57 bits per heavy atom. The Morgan fingerprint density at radius 2 is 2.43 bits per heavy atom. The van der Waals surface area contributed by atoms with E-state index in [1.165, 1.54) is 6.54 Å². The summed E-state index contributed by atoms with van der Waals surface area (Å²) >= 11 is 0. The number of hydrogen-bond donors (Lipinski definition) is 1. The van der Waals surface area contributed by atoms with Gasteiger partial charge in [-0.25, -0.2) is 0 Å². The fourth-order valence-electron chi connectivity index (χ4n) is 0.908. The summed E-state index contributed by atoms with van der Waals surface area (Å²) in [5.74, 6) is 0. The van der Waals surface area contributed by atoms with E-state index >= 15 is 0 Å². The average molecular weight is 100 g/mol. The van der Waals surface area contributed by atoms with Crippen molar-refractivity contribution < 1.29 is 0 Å². The monoisotopic (exact) mass is 100 g/mol. The summed E-state index contributed by atoms with van der Waals surface area (Å²) in [5.41, 5.74) is 0. The van der Waals surface area contributed by atoms with Gasteiger partial charge in [0.2, 0.25) is 0 Å². The first-order valence-electron chi connectivity index (χ1n) is 2.71. The summed E-state index contributed by atoms with van der Waals surface area (Å²) in [7, 11) is 2.12. The standard InChI is InChI=1S/C5H12N2/c1-5-3-7(2)4-6-5/h5-6H,3-4H2,1-2H3/t5-/m0/s1. The molecule has 0 amide bonds. The maximum absolute atomic E-state index is 3.30. The number of nitrogens with zero attached hydrogens (tertiary/aromatic N) is 1. The minimum Gasteiger partial charge on any atom is -0.301 e. The van der Waals surface area contributed by atoms with Crippen LogP contribution in [0.15, 0.2) is 0 Å². The van der Waals surface area contributed by atoms with Gasteiger partial charge in [-0.1, -0.05) is 0 Å². The molecule has 1 aliphatic rings. The Labute approximate surface area is 44.5 Å². The van der Waals surface area contributed by atoms with Gasteiger partial charge < -0.3 is 5.32 Å². The minimum atomic E-state index is 0.699. The van der Waals surface area contributed by atoms with Gasteiger partial charge in [-0.3, -0.25) is 4.90 Å². The third kappa shape index (κ3) is 1.14. The second-order valence-corrected chi connectivity index (χ2v) is 2.30. The zero-order valence-electron chi connectivity index (χ0n) is 4.94. The van der Waals surface area contributed by atoms with Crippen molar-refractivity contribution in [2.75, 3.05) is 20.3 Å². The van der Waals surface area contributed by atoms with Crippen molar-refractivity contribution in [3.63, 3.8) is 0 Å². The highest BCUT2D eigenvalue weighted by Gasteiger charge is 2.11. The summed E-state index contributed by atoms with van der Waals surface area (Å²) < 4.78 is 0. The molecule has 0 radical (unpaired) electrons. The van der Waals surface area contributed by atoms with Crippen LogP contribution in [0.1, 0.15) is 6.92 Å². The van der Waals surface area contributed by atoms with E-state index in [4.69, 9.17) is 0 Å². The Balaban J connectivity index is 2.26. The zero-order valence-corrected chi connectivity index (χ0v) is 4.94. The van der Waals surface area contributed by atoms with Crippen molar-refractivity contribution in [3.8, 4) is 0 Å². The molecule has 1 N–H and O–H groups in total. The molecule has 0 spiro atoms. The van der Waals surface area contributed by atoms with Gasteiger partial charge in [-0.05, 0) is 14.0 Å². The molecule has 42 valence electrons. The van der Waals surface area contributed by atoms with Crippen LogP contribution < -0.4 is 5.32 Å². The van der Waals surface area contributed by atoms with E-state index in [1.54, 1.807) is 0 Å². The molecular weight excluding hydrogens is 88.1 g/mol. The smallest absolute Gasteiger partial charge is 0.0480 e. The van der Waals surface area contributed by atoms with Crippen LogP contribution in [0.4, 0.5) is 0 Å². The lowest BCUT2D eigenvalue weighted by Crippen LogP contribution is -2.18. The van der Waals surface area contributed by atoms with Crippen molar-refractivity contribution in [3.05, 3.63) is 0 Å². The van der Waals surface area contributed by atoms with E-state index in [1.807, 2.05) is 0 Å². The highest BCUT2D eigenvalue weighted by molar-refractivity contribution is 4.70. The molecule has 1 fully saturated rings. The van der Waals surface area contributed by atoms with E-state index in [-0.39, 0.29) is 0 Å². The van der Waals surface area contributed by atoms with Crippen molar-refractivity contribution in [1.29, 1.82) is 0 Å². The lowest BCUT2D eigenvalue weighted by Gasteiger charge is -2.01. The van der Waals surface area contributed by atoms with Crippen molar-refractivity contribution in [1.82, 2.24) is 10.2 Å². The third-order valence-corrected chi connectivity index (χ3v) is 1.30. The number of rotatable bonds is 0. The molecule has 0 aromatic rings. The van der Waals surface area contributed by atoms with Gasteiger partial charge in [0.1, 0.15) is 0 Å². The number of hydrogen-bond acceptors (Lipinski definition) is 2. The number of likely N-dealkylation sites (N-methyl/N-ethyl adjacent to an activating group) is 1. The predicted octanol–water partition coefficient (Wildman–Crippen LogP) is -0.133. The van der Waals surface area contributed by atoms with Gasteiger partial charge in [-0.15, -0.1) is 0 Å². The molecule has 0 bridgehead atoms. The van der Waals surface area contributed by atoms with E-state index in [2.05, 4.69) is 24.2 Å². The highest BCUT2D eigenvalue weighted by Crippen LogP contribution is 1.93. The van der Waals surface area contributed by atoms with Crippen LogP contribution in [-0.2, 0) is 0 Å². The summed E-state index contributed by atoms with van der Waals surface area (Å²) in [6.07, 6.45) is 0. The normalized spacial score (nSPS) is 34.3. The largest absolute Gasteiger partial charge is 0.301 e. The second kappa shape index (κ2) is 1.80. The van der Waals surface area contributed by atoms with E-state index in [0.717, 1.165) is 6.67 Å². The van der Waals surface area contributed by atoms with Crippen LogP contribution in [0.5, 0.6) is 0 Å². The summed E-state index contributed by atoms with van der Waals surface area (Å²) in [5, 5.41) is 3.30. The second-order valence-electron chi connectivity index (χ2n) is 2.30. The summed E-state index contributed by atoms with van der Waals surface area (Å²) in [6.45, 7) is 4.45. The van der Waals surface area contributed by atoms with E-state index in [0.29, 0.717) is 6.04 Å². The molecule has 0 saturated carbocycles. The predicted molar refractivity (Wildman–Crippen MR) is 30.1 cm³/mol. The molecule has 1 saturated heterocycles. The fourth-order valence-corrected chi connectivity index (χ4v) is 0.908. The molecule has 1 rings (SSSR count). The van der Waals surface area contributed by atoms with Gasteiger partial charge in [0.05, 0.1) is 0 Å². The van der Waals surface area contributed by atoms with Crippen LogP contribution in [0.25, 0.3) is 0 Å². The van der Waals surface area contributed by atoms with Crippen LogP contribution >= 0.6 is 0 Å². The highest BCUT2D eigenvalue weighted by atomic mass is 15.3. The first-order chi connectivity index (χ1) is 3.29. The minimum absolute atomic E-state index is 0.699. The van der Waals surface area contributed by atoms with Crippen molar-refractivity contribution in [2.24, 2.45) is 0 Å². The molecule has 2 heteroatoms. The maximum atomic E-state index is 3.30. The topological polar surface area (TPSA) is 15.3 Å². The van der Waals surface area contributed by atoms with Gasteiger partial charge in [0.25, 0.3) is 0 Å². The Kier molecular flexibility index (Phi) is 1.30. The maximum Gasteiger partial charge on any atom is 0.0480 e. The molecule has 7 heavy (non-hydrogen) atoms. The van der Waals surface area contributed by atoms with Gasteiger partial charge in [0.15, 0.2) is 0 Å². The summed E-state index contributed by atoms with van der Waals surface area (Å²) in [6, 6.07) is 0.699. The Bertz CT molecular complexity index is 55.1. The van der Waals surface area contributed by atoms with Gasteiger partial charge in [-0.2, -0.15) is 0 Å². The molecule has 1 heterocycles. The van der Waals surface area contributed by atoms with Crippen LogP contribution in [0, 0.1) is 0 Å². The van der Waals surface area contributed by atoms with E-state index in [9.17, 15) is 0 Å². The summed E-state index contributed by atoms with van der Waals surface area (Å²) in [4.78, 5) is 2.27. The van der Waals surface area contributed by atoms with Crippen LogP contribution in [0.2, 0.25) is 0 Å². The first-order valence-corrected chi connectivity index (χ1v) is 2.71. The molecule has 0 unspecified atom stereocenters. The van der Waals surface area contributed by atoms with Crippen molar-refractivity contribution >= 4 is 0 Å². The van der Waals surface area contributed by atoms with E-state index < -0.39 is 0 Å². The Morgan fingerprint density at radius 1 is 1.71 bits per heavy atom. The lowest BCUT2D eigenvalue weighted by atomic mass is 10.4. The molecule has 0 aromatic carbocycles. The molecule has 1 aliphatic heterocycles. The molecule has 1 atom stereocenters. The SMILES string of the molecule is C[C@H]1CN(C)CN1. The Hall–Kier alpha value is -0.0800.